The summed E-state index contributed by atoms with van der Waals surface area (Å²) in [6.45, 7) is 3.06. The van der Waals surface area contributed by atoms with Crippen molar-refractivity contribution in [3.05, 3.63) is 28.8 Å². The molecule has 0 fully saturated rings. The summed E-state index contributed by atoms with van der Waals surface area (Å²) in [5.41, 5.74) is 2.50. The van der Waals surface area contributed by atoms with Gasteiger partial charge >= 0.3 is 0 Å². The Balaban J connectivity index is 2.35. The SMILES string of the molecule is CN1CCNc2ccc(Cl)cc2C1. The Kier molecular flexibility index (Phi) is 2.42. The van der Waals surface area contributed by atoms with Gasteiger partial charge in [-0.25, -0.2) is 0 Å². The number of hydrogen-bond acceptors (Lipinski definition) is 2. The molecule has 0 aromatic heterocycles. The number of likely N-dealkylation sites (N-methyl/N-ethyl adjacent to an activating group) is 1. The Labute approximate surface area is 83.5 Å². The van der Waals surface area contributed by atoms with E-state index >= 15 is 0 Å². The molecule has 0 aliphatic carbocycles. The Morgan fingerprint density at radius 2 is 2.31 bits per heavy atom. The summed E-state index contributed by atoms with van der Waals surface area (Å²) in [5.74, 6) is 0. The molecule has 2 rings (SSSR count). The highest BCUT2D eigenvalue weighted by Gasteiger charge is 2.10. The standard InChI is InChI=1S/C10H13ClN2/c1-13-5-4-12-10-3-2-9(11)6-8(10)7-13/h2-3,6,12H,4-5,7H2,1H3. The first-order valence-corrected chi connectivity index (χ1v) is 4.84. The molecule has 0 amide bonds. The maximum absolute atomic E-state index is 5.93. The van der Waals surface area contributed by atoms with Gasteiger partial charge in [-0.3, -0.25) is 0 Å². The Morgan fingerprint density at radius 3 is 3.15 bits per heavy atom. The van der Waals surface area contributed by atoms with E-state index in [2.05, 4.69) is 23.3 Å². The predicted molar refractivity (Wildman–Crippen MR) is 56.3 cm³/mol. The highest BCUT2D eigenvalue weighted by molar-refractivity contribution is 6.30. The first-order valence-electron chi connectivity index (χ1n) is 4.46. The van der Waals surface area contributed by atoms with E-state index in [1.54, 1.807) is 0 Å². The van der Waals surface area contributed by atoms with E-state index in [-0.39, 0.29) is 0 Å². The normalized spacial score (nSPS) is 17.4. The van der Waals surface area contributed by atoms with E-state index in [0.29, 0.717) is 0 Å². The van der Waals surface area contributed by atoms with Crippen LogP contribution in [0.5, 0.6) is 0 Å². The molecule has 1 aliphatic rings. The third kappa shape index (κ3) is 1.95. The van der Waals surface area contributed by atoms with Gasteiger partial charge in [0.05, 0.1) is 0 Å². The van der Waals surface area contributed by atoms with Crippen LogP contribution in [0.3, 0.4) is 0 Å². The Morgan fingerprint density at radius 1 is 1.46 bits per heavy atom. The van der Waals surface area contributed by atoms with Crippen LogP contribution in [0.2, 0.25) is 5.02 Å². The van der Waals surface area contributed by atoms with E-state index in [4.69, 9.17) is 11.6 Å². The van der Waals surface area contributed by atoms with E-state index in [1.807, 2.05) is 12.1 Å². The second-order valence-electron chi connectivity index (χ2n) is 3.47. The average molecular weight is 197 g/mol. The van der Waals surface area contributed by atoms with E-state index in [1.165, 1.54) is 11.3 Å². The minimum absolute atomic E-state index is 0.816. The lowest BCUT2D eigenvalue weighted by Gasteiger charge is -2.12. The molecule has 13 heavy (non-hydrogen) atoms. The highest BCUT2D eigenvalue weighted by atomic mass is 35.5. The number of rotatable bonds is 0. The quantitative estimate of drug-likeness (QED) is 0.685. The molecular formula is C10H13ClN2. The number of halogens is 1. The molecule has 3 heteroatoms. The zero-order valence-corrected chi connectivity index (χ0v) is 8.43. The van der Waals surface area contributed by atoms with Gasteiger partial charge in [-0.1, -0.05) is 11.6 Å². The van der Waals surface area contributed by atoms with E-state index in [9.17, 15) is 0 Å². The molecular weight excluding hydrogens is 184 g/mol. The first kappa shape index (κ1) is 8.85. The first-order chi connectivity index (χ1) is 6.25. The molecule has 0 unspecified atom stereocenters. The van der Waals surface area contributed by atoms with Crippen LogP contribution < -0.4 is 5.32 Å². The fraction of sp³-hybridized carbons (Fsp3) is 0.400. The van der Waals surface area contributed by atoms with Gasteiger partial charge in [0.15, 0.2) is 0 Å². The molecule has 1 aliphatic heterocycles. The molecule has 0 bridgehead atoms. The van der Waals surface area contributed by atoms with Crippen LogP contribution in [0, 0.1) is 0 Å². The minimum Gasteiger partial charge on any atom is -0.383 e. The monoisotopic (exact) mass is 196 g/mol. The summed E-state index contributed by atoms with van der Waals surface area (Å²) >= 11 is 5.93. The fourth-order valence-corrected chi connectivity index (χ4v) is 1.81. The zero-order chi connectivity index (χ0) is 9.26. The Hall–Kier alpha value is -0.730. The van der Waals surface area contributed by atoms with Crippen molar-refractivity contribution < 1.29 is 0 Å². The number of fused-ring (bicyclic) bond motifs is 1. The molecule has 1 aromatic carbocycles. The largest absolute Gasteiger partial charge is 0.383 e. The topological polar surface area (TPSA) is 15.3 Å². The van der Waals surface area contributed by atoms with Gasteiger partial charge in [0.1, 0.15) is 0 Å². The lowest BCUT2D eigenvalue weighted by atomic mass is 10.2. The molecule has 2 nitrogen and oxygen atoms in total. The average Bonchev–Trinajstić information content (AvgIpc) is 2.25. The number of benzene rings is 1. The van der Waals surface area contributed by atoms with Crippen LogP contribution in [0.1, 0.15) is 5.56 Å². The lowest BCUT2D eigenvalue weighted by molar-refractivity contribution is 0.346. The van der Waals surface area contributed by atoms with Crippen LogP contribution in [-0.2, 0) is 6.54 Å². The number of anilines is 1. The third-order valence-electron chi connectivity index (χ3n) is 2.32. The van der Waals surface area contributed by atoms with Gasteiger partial charge < -0.3 is 10.2 Å². The van der Waals surface area contributed by atoms with Crippen molar-refractivity contribution in [2.75, 3.05) is 25.5 Å². The summed E-state index contributed by atoms with van der Waals surface area (Å²) < 4.78 is 0. The number of hydrogen-bond donors (Lipinski definition) is 1. The van der Waals surface area contributed by atoms with Gasteiger partial charge in [-0.15, -0.1) is 0 Å². The lowest BCUT2D eigenvalue weighted by Crippen LogP contribution is -2.20. The van der Waals surface area contributed by atoms with Crippen molar-refractivity contribution in [1.29, 1.82) is 0 Å². The second-order valence-corrected chi connectivity index (χ2v) is 3.90. The van der Waals surface area contributed by atoms with Gasteiger partial charge in [-0.05, 0) is 30.8 Å². The Bertz CT molecular complexity index is 312. The van der Waals surface area contributed by atoms with Gasteiger partial charge in [0.2, 0.25) is 0 Å². The third-order valence-corrected chi connectivity index (χ3v) is 2.55. The van der Waals surface area contributed by atoms with Crippen molar-refractivity contribution in [2.24, 2.45) is 0 Å². The maximum atomic E-state index is 5.93. The molecule has 0 spiro atoms. The van der Waals surface area contributed by atoms with Crippen LogP contribution in [0.4, 0.5) is 5.69 Å². The van der Waals surface area contributed by atoms with Crippen molar-refractivity contribution in [1.82, 2.24) is 4.90 Å². The van der Waals surface area contributed by atoms with Crippen molar-refractivity contribution >= 4 is 17.3 Å². The summed E-state index contributed by atoms with van der Waals surface area (Å²) in [6.07, 6.45) is 0. The summed E-state index contributed by atoms with van der Waals surface area (Å²) in [5, 5.41) is 4.20. The minimum atomic E-state index is 0.816. The van der Waals surface area contributed by atoms with Crippen LogP contribution in [0.15, 0.2) is 18.2 Å². The molecule has 0 saturated carbocycles. The number of nitrogens with zero attached hydrogens (tertiary/aromatic N) is 1. The zero-order valence-electron chi connectivity index (χ0n) is 7.68. The second kappa shape index (κ2) is 3.56. The fourth-order valence-electron chi connectivity index (χ4n) is 1.62. The van der Waals surface area contributed by atoms with Crippen LogP contribution in [0.25, 0.3) is 0 Å². The van der Waals surface area contributed by atoms with Gasteiger partial charge in [0, 0.05) is 30.3 Å². The van der Waals surface area contributed by atoms with Crippen LogP contribution >= 0.6 is 11.6 Å². The molecule has 1 N–H and O–H groups in total. The molecule has 70 valence electrons. The molecule has 1 aromatic rings. The van der Waals surface area contributed by atoms with Crippen molar-refractivity contribution in [2.45, 2.75) is 6.54 Å². The van der Waals surface area contributed by atoms with Crippen molar-refractivity contribution in [3.8, 4) is 0 Å². The summed E-state index contributed by atoms with van der Waals surface area (Å²) in [6, 6.07) is 6.02. The van der Waals surface area contributed by atoms with Gasteiger partial charge in [-0.2, -0.15) is 0 Å². The van der Waals surface area contributed by atoms with E-state index in [0.717, 1.165) is 24.7 Å². The van der Waals surface area contributed by atoms with E-state index < -0.39 is 0 Å². The molecule has 0 radical (unpaired) electrons. The summed E-state index contributed by atoms with van der Waals surface area (Å²) in [4.78, 5) is 2.29. The van der Waals surface area contributed by atoms with Crippen molar-refractivity contribution in [3.63, 3.8) is 0 Å². The molecule has 0 atom stereocenters. The number of nitrogens with one attached hydrogen (secondary N) is 1. The van der Waals surface area contributed by atoms with Crippen LogP contribution in [-0.4, -0.2) is 25.0 Å². The highest BCUT2D eigenvalue weighted by Crippen LogP contribution is 2.23. The molecule has 0 saturated heterocycles. The maximum Gasteiger partial charge on any atom is 0.0410 e. The smallest absolute Gasteiger partial charge is 0.0410 e. The molecule has 1 heterocycles. The predicted octanol–water partition coefficient (Wildman–Crippen LogP) is 2.20. The summed E-state index contributed by atoms with van der Waals surface area (Å²) in [7, 11) is 2.12. The van der Waals surface area contributed by atoms with Gasteiger partial charge in [0.25, 0.3) is 0 Å².